The van der Waals surface area contributed by atoms with Gasteiger partial charge < -0.3 is 4.89 Å². The van der Waals surface area contributed by atoms with Gasteiger partial charge in [-0.05, 0) is 24.1 Å². The predicted octanol–water partition coefficient (Wildman–Crippen LogP) is 3.18. The Labute approximate surface area is 95.8 Å². The van der Waals surface area contributed by atoms with Crippen LogP contribution in [0.5, 0.6) is 0 Å². The second kappa shape index (κ2) is 6.62. The largest absolute Gasteiger partial charge is 0.341 e. The summed E-state index contributed by atoms with van der Waals surface area (Å²) in [6, 6.07) is 7.06. The lowest BCUT2D eigenvalue weighted by Crippen LogP contribution is -2.06. The van der Waals surface area contributed by atoms with Crippen LogP contribution in [0.15, 0.2) is 30.8 Å². The first-order valence-electron chi connectivity index (χ1n) is 5.15. The van der Waals surface area contributed by atoms with Gasteiger partial charge in [0, 0.05) is 11.5 Å². The Morgan fingerprint density at radius 1 is 1.38 bits per heavy atom. The van der Waals surface area contributed by atoms with Crippen LogP contribution in [0, 0.1) is 0 Å². The third kappa shape index (κ3) is 3.92. The van der Waals surface area contributed by atoms with E-state index < -0.39 is 7.37 Å². The highest BCUT2D eigenvalue weighted by Gasteiger charge is 2.19. The quantitative estimate of drug-likeness (QED) is 0.808. The molecule has 16 heavy (non-hydrogen) atoms. The second-order valence-corrected chi connectivity index (χ2v) is 5.94. The van der Waals surface area contributed by atoms with E-state index >= 15 is 0 Å². The van der Waals surface area contributed by atoms with Gasteiger partial charge in [0.15, 0.2) is 0 Å². The van der Waals surface area contributed by atoms with E-state index in [0.717, 1.165) is 18.4 Å². The average Bonchev–Trinajstić information content (AvgIpc) is 2.26. The molecule has 0 heterocycles. The summed E-state index contributed by atoms with van der Waals surface area (Å²) in [6.45, 7) is 5.66. The number of rotatable bonds is 5. The summed E-state index contributed by atoms with van der Waals surface area (Å²) < 4.78 is 11.9. The van der Waals surface area contributed by atoms with Crippen molar-refractivity contribution >= 4 is 18.7 Å². The summed E-state index contributed by atoms with van der Waals surface area (Å²) in [6.07, 6.45) is 3.82. The molecule has 0 radical (unpaired) electrons. The van der Waals surface area contributed by atoms with Crippen LogP contribution in [-0.2, 0) is 4.57 Å². The van der Waals surface area contributed by atoms with Crippen molar-refractivity contribution in [3.05, 3.63) is 36.4 Å². The number of hydrogen-bond acceptors (Lipinski definition) is 1. The Balaban J connectivity index is 0.00000225. The standard InChI is InChI=1S/C12H17O2P.FH/c1-3-5-10-15(13,14)12-8-6-11(4-2)7-9-12;/h4,6-9H,2-3,5,10H2,1H3,(H,13,14);1H. The predicted molar refractivity (Wildman–Crippen MR) is 68.3 cm³/mol. The molecule has 0 spiro atoms. The van der Waals surface area contributed by atoms with Crippen LogP contribution in [0.1, 0.15) is 25.3 Å². The lowest BCUT2D eigenvalue weighted by molar-refractivity contribution is 0.487. The molecule has 1 N–H and O–H groups in total. The Hall–Kier alpha value is -0.920. The summed E-state index contributed by atoms with van der Waals surface area (Å²) in [5.74, 6) is 0. The highest BCUT2D eigenvalue weighted by Crippen LogP contribution is 2.40. The zero-order valence-electron chi connectivity index (χ0n) is 9.43. The van der Waals surface area contributed by atoms with Crippen molar-refractivity contribution < 1.29 is 14.2 Å². The van der Waals surface area contributed by atoms with Crippen LogP contribution in [0.4, 0.5) is 4.70 Å². The van der Waals surface area contributed by atoms with Crippen molar-refractivity contribution in [2.75, 3.05) is 6.16 Å². The minimum Gasteiger partial charge on any atom is -0.341 e. The fourth-order valence-corrected chi connectivity index (χ4v) is 2.96. The fraction of sp³-hybridized carbons (Fsp3) is 0.333. The summed E-state index contributed by atoms with van der Waals surface area (Å²) >= 11 is 0. The Morgan fingerprint density at radius 3 is 2.38 bits per heavy atom. The number of halogens is 1. The first-order valence-corrected chi connectivity index (χ1v) is 6.99. The first-order chi connectivity index (χ1) is 7.10. The third-order valence-electron chi connectivity index (χ3n) is 2.35. The fourth-order valence-electron chi connectivity index (χ4n) is 1.34. The second-order valence-electron chi connectivity index (χ2n) is 3.57. The molecule has 0 amide bonds. The van der Waals surface area contributed by atoms with Gasteiger partial charge in [-0.2, -0.15) is 0 Å². The highest BCUT2D eigenvalue weighted by molar-refractivity contribution is 7.66. The van der Waals surface area contributed by atoms with E-state index in [9.17, 15) is 9.46 Å². The van der Waals surface area contributed by atoms with Crippen molar-refractivity contribution in [3.8, 4) is 0 Å². The molecule has 1 aromatic carbocycles. The van der Waals surface area contributed by atoms with E-state index in [1.807, 2.05) is 19.1 Å². The number of benzene rings is 1. The van der Waals surface area contributed by atoms with Crippen LogP contribution in [0.25, 0.3) is 6.08 Å². The molecule has 0 fully saturated rings. The van der Waals surface area contributed by atoms with Gasteiger partial charge in [0.2, 0.25) is 7.37 Å². The normalized spacial score (nSPS) is 13.6. The van der Waals surface area contributed by atoms with Crippen molar-refractivity contribution in [1.29, 1.82) is 0 Å². The van der Waals surface area contributed by atoms with Gasteiger partial charge in [0.25, 0.3) is 0 Å². The molecule has 0 aliphatic heterocycles. The molecule has 0 aliphatic rings. The van der Waals surface area contributed by atoms with Crippen LogP contribution in [0.3, 0.4) is 0 Å². The molecular formula is C12H18FO2P. The molecule has 2 nitrogen and oxygen atoms in total. The molecule has 0 aromatic heterocycles. The summed E-state index contributed by atoms with van der Waals surface area (Å²) in [4.78, 5) is 9.81. The maximum absolute atomic E-state index is 11.9. The van der Waals surface area contributed by atoms with Gasteiger partial charge in [-0.3, -0.25) is 9.27 Å². The minimum atomic E-state index is -3.13. The zero-order chi connectivity index (χ0) is 11.3. The van der Waals surface area contributed by atoms with E-state index in [1.165, 1.54) is 0 Å². The van der Waals surface area contributed by atoms with Gasteiger partial charge in [0.1, 0.15) is 0 Å². The van der Waals surface area contributed by atoms with E-state index in [0.29, 0.717) is 11.5 Å². The first kappa shape index (κ1) is 15.1. The van der Waals surface area contributed by atoms with Crippen LogP contribution < -0.4 is 5.30 Å². The summed E-state index contributed by atoms with van der Waals surface area (Å²) in [5.41, 5.74) is 0.967. The van der Waals surface area contributed by atoms with Crippen LogP contribution >= 0.6 is 7.37 Å². The van der Waals surface area contributed by atoms with Gasteiger partial charge in [-0.1, -0.05) is 38.1 Å². The third-order valence-corrected chi connectivity index (χ3v) is 4.37. The molecule has 1 aromatic rings. The number of unbranched alkanes of at least 4 members (excludes halogenated alkanes) is 1. The number of hydrogen-bond donors (Lipinski definition) is 1. The minimum absolute atomic E-state index is 0. The molecule has 1 rings (SSSR count). The molecule has 4 heteroatoms. The van der Waals surface area contributed by atoms with Crippen LogP contribution in [0.2, 0.25) is 0 Å². The molecule has 0 bridgehead atoms. The van der Waals surface area contributed by atoms with E-state index in [1.54, 1.807) is 18.2 Å². The Bertz CT molecular complexity index is 373. The van der Waals surface area contributed by atoms with Gasteiger partial charge in [-0.15, -0.1) is 0 Å². The summed E-state index contributed by atoms with van der Waals surface area (Å²) in [7, 11) is -3.13. The monoisotopic (exact) mass is 244 g/mol. The van der Waals surface area contributed by atoms with Gasteiger partial charge in [0.05, 0.1) is 0 Å². The van der Waals surface area contributed by atoms with Gasteiger partial charge in [-0.25, -0.2) is 0 Å². The molecule has 1 atom stereocenters. The van der Waals surface area contributed by atoms with E-state index in [-0.39, 0.29) is 4.70 Å². The van der Waals surface area contributed by atoms with Gasteiger partial charge >= 0.3 is 0 Å². The SMILES string of the molecule is C=Cc1ccc(P(=O)(O)CCCC)cc1.F. The van der Waals surface area contributed by atoms with E-state index in [2.05, 4.69) is 6.58 Å². The van der Waals surface area contributed by atoms with Crippen molar-refractivity contribution in [2.24, 2.45) is 0 Å². The van der Waals surface area contributed by atoms with E-state index in [4.69, 9.17) is 0 Å². The molecule has 0 saturated carbocycles. The lowest BCUT2D eigenvalue weighted by Gasteiger charge is -2.11. The molecule has 90 valence electrons. The topological polar surface area (TPSA) is 37.3 Å². The molecule has 1 unspecified atom stereocenters. The smallest absolute Gasteiger partial charge is 0.229 e. The molecule has 0 saturated heterocycles. The van der Waals surface area contributed by atoms with Crippen molar-refractivity contribution in [2.45, 2.75) is 19.8 Å². The molecule has 0 aliphatic carbocycles. The zero-order valence-corrected chi connectivity index (χ0v) is 10.3. The average molecular weight is 244 g/mol. The van der Waals surface area contributed by atoms with Crippen molar-refractivity contribution in [3.63, 3.8) is 0 Å². The lowest BCUT2D eigenvalue weighted by atomic mass is 10.2. The summed E-state index contributed by atoms with van der Waals surface area (Å²) in [5, 5.41) is 0.543. The molecular weight excluding hydrogens is 226 g/mol. The Morgan fingerprint density at radius 2 is 1.94 bits per heavy atom. The maximum Gasteiger partial charge on any atom is 0.229 e. The maximum atomic E-state index is 11.9. The highest BCUT2D eigenvalue weighted by atomic mass is 31.2. The Kier molecular flexibility index (Phi) is 6.24. The van der Waals surface area contributed by atoms with Crippen LogP contribution in [-0.4, -0.2) is 11.1 Å². The van der Waals surface area contributed by atoms with Crippen molar-refractivity contribution in [1.82, 2.24) is 0 Å².